The molecule has 1 fully saturated rings. The van der Waals surface area contributed by atoms with Gasteiger partial charge in [0.25, 0.3) is 0 Å². The Morgan fingerprint density at radius 3 is 2.68 bits per heavy atom. The maximum atomic E-state index is 5.00. The highest BCUT2D eigenvalue weighted by Crippen LogP contribution is 2.44. The summed E-state index contributed by atoms with van der Waals surface area (Å²) in [4.78, 5) is 5.00. The van der Waals surface area contributed by atoms with Gasteiger partial charge in [0, 0.05) is 10.8 Å². The lowest BCUT2D eigenvalue weighted by Crippen LogP contribution is -2.48. The van der Waals surface area contributed by atoms with E-state index in [0.29, 0.717) is 0 Å². The first-order valence-electron chi connectivity index (χ1n) is 7.59. The first-order valence-corrected chi connectivity index (χ1v) is 8.47. The molecule has 1 aromatic rings. The van der Waals surface area contributed by atoms with Crippen molar-refractivity contribution in [1.29, 1.82) is 0 Å². The van der Waals surface area contributed by atoms with Crippen molar-refractivity contribution in [2.24, 2.45) is 5.92 Å². The fraction of sp³-hybridized carbons (Fsp3) is 0.812. The van der Waals surface area contributed by atoms with Crippen LogP contribution in [0.3, 0.4) is 0 Å². The van der Waals surface area contributed by atoms with Crippen molar-refractivity contribution in [3.05, 3.63) is 16.1 Å². The summed E-state index contributed by atoms with van der Waals surface area (Å²) in [5, 5.41) is 7.22. The van der Waals surface area contributed by atoms with Crippen LogP contribution in [0, 0.1) is 5.92 Å². The van der Waals surface area contributed by atoms with Crippen LogP contribution in [0.4, 0.5) is 0 Å². The molecule has 0 bridgehead atoms. The van der Waals surface area contributed by atoms with E-state index in [1.54, 1.807) is 0 Å². The van der Waals surface area contributed by atoms with Gasteiger partial charge in [-0.1, -0.05) is 47.0 Å². The Balaban J connectivity index is 2.37. The second-order valence-electron chi connectivity index (χ2n) is 6.86. The molecule has 2 rings (SSSR count). The van der Waals surface area contributed by atoms with Gasteiger partial charge in [-0.15, -0.1) is 11.3 Å². The average molecular weight is 280 g/mol. The van der Waals surface area contributed by atoms with Crippen molar-refractivity contribution in [2.45, 2.75) is 70.8 Å². The highest BCUT2D eigenvalue weighted by molar-refractivity contribution is 7.09. The number of hydrogen-bond acceptors (Lipinski definition) is 3. The molecule has 0 saturated heterocycles. The summed E-state index contributed by atoms with van der Waals surface area (Å²) in [6.45, 7) is 9.06. The molecule has 0 amide bonds. The van der Waals surface area contributed by atoms with E-state index in [9.17, 15) is 0 Å². The average Bonchev–Trinajstić information content (AvgIpc) is 2.88. The zero-order valence-corrected chi connectivity index (χ0v) is 13.9. The van der Waals surface area contributed by atoms with Gasteiger partial charge in [-0.3, -0.25) is 0 Å². The van der Waals surface area contributed by atoms with Crippen LogP contribution in [0.25, 0.3) is 0 Å². The molecule has 0 radical (unpaired) electrons. The van der Waals surface area contributed by atoms with Crippen molar-refractivity contribution < 1.29 is 0 Å². The lowest BCUT2D eigenvalue weighted by molar-refractivity contribution is 0.145. The molecule has 2 atom stereocenters. The molecular weight excluding hydrogens is 252 g/mol. The molecule has 1 aliphatic rings. The van der Waals surface area contributed by atoms with Crippen molar-refractivity contribution in [3.8, 4) is 0 Å². The van der Waals surface area contributed by atoms with E-state index in [1.807, 2.05) is 11.3 Å². The molecule has 1 aliphatic carbocycles. The molecule has 0 spiro atoms. The molecule has 3 heteroatoms. The largest absolute Gasteiger partial charge is 0.308 e. The van der Waals surface area contributed by atoms with Crippen molar-refractivity contribution >= 4 is 11.3 Å². The monoisotopic (exact) mass is 280 g/mol. The summed E-state index contributed by atoms with van der Waals surface area (Å²) in [7, 11) is 2.12. The topological polar surface area (TPSA) is 24.9 Å². The summed E-state index contributed by atoms with van der Waals surface area (Å²) in [6.07, 6.45) is 6.51. The molecule has 19 heavy (non-hydrogen) atoms. The van der Waals surface area contributed by atoms with Gasteiger partial charge >= 0.3 is 0 Å². The number of nitrogens with zero attached hydrogens (tertiary/aromatic N) is 1. The predicted octanol–water partition coefficient (Wildman–Crippen LogP) is 4.46. The van der Waals surface area contributed by atoms with Crippen LogP contribution in [-0.2, 0) is 11.0 Å². The second-order valence-corrected chi connectivity index (χ2v) is 7.72. The third-order valence-electron chi connectivity index (χ3n) is 4.66. The fourth-order valence-electron chi connectivity index (χ4n) is 3.34. The van der Waals surface area contributed by atoms with E-state index in [-0.39, 0.29) is 11.0 Å². The number of thiazole rings is 1. The Labute approximate surface area is 122 Å². The molecule has 0 aromatic carbocycles. The lowest BCUT2D eigenvalue weighted by Gasteiger charge is -2.42. The third kappa shape index (κ3) is 2.73. The van der Waals surface area contributed by atoms with E-state index in [2.05, 4.69) is 45.4 Å². The van der Waals surface area contributed by atoms with Gasteiger partial charge in [0.1, 0.15) is 5.01 Å². The standard InChI is InChI=1S/C16H28N2S/c1-6-12-9-7-8-10-16(12,17-5)14-18-13(11-19-14)15(2,3)4/h11-12,17H,6-10H2,1-5H3. The number of aromatic nitrogens is 1. The van der Waals surface area contributed by atoms with Gasteiger partial charge in [0.2, 0.25) is 0 Å². The van der Waals surface area contributed by atoms with Crippen LogP contribution in [-0.4, -0.2) is 12.0 Å². The summed E-state index contributed by atoms with van der Waals surface area (Å²) in [6, 6.07) is 0. The van der Waals surface area contributed by atoms with Gasteiger partial charge in [-0.25, -0.2) is 4.98 Å². The van der Waals surface area contributed by atoms with Crippen LogP contribution >= 0.6 is 11.3 Å². The molecule has 1 saturated carbocycles. The maximum absolute atomic E-state index is 5.00. The van der Waals surface area contributed by atoms with Crippen molar-refractivity contribution in [2.75, 3.05) is 7.05 Å². The minimum absolute atomic E-state index is 0.126. The zero-order valence-electron chi connectivity index (χ0n) is 13.0. The molecule has 1 N–H and O–H groups in total. The molecular formula is C16H28N2S. The van der Waals surface area contributed by atoms with Gasteiger partial charge in [0.05, 0.1) is 11.2 Å². The minimum atomic E-state index is 0.126. The highest BCUT2D eigenvalue weighted by atomic mass is 32.1. The molecule has 1 aromatic heterocycles. The Bertz CT molecular complexity index is 419. The first kappa shape index (κ1) is 15.0. The quantitative estimate of drug-likeness (QED) is 0.884. The number of nitrogens with one attached hydrogen (secondary N) is 1. The summed E-state index contributed by atoms with van der Waals surface area (Å²) in [5.41, 5.74) is 1.52. The van der Waals surface area contributed by atoms with Gasteiger partial charge < -0.3 is 5.32 Å². The van der Waals surface area contributed by atoms with Crippen LogP contribution in [0.1, 0.15) is 70.5 Å². The van der Waals surface area contributed by atoms with Gasteiger partial charge in [-0.2, -0.15) is 0 Å². The molecule has 0 aliphatic heterocycles. The molecule has 2 unspecified atom stereocenters. The van der Waals surface area contributed by atoms with E-state index >= 15 is 0 Å². The normalized spacial score (nSPS) is 28.6. The van der Waals surface area contributed by atoms with Crippen molar-refractivity contribution in [3.63, 3.8) is 0 Å². The SMILES string of the molecule is CCC1CCCCC1(NC)c1nc(C(C)(C)C)cs1. The molecule has 1 heterocycles. The summed E-state index contributed by atoms with van der Waals surface area (Å²) in [5.74, 6) is 0.727. The first-order chi connectivity index (χ1) is 8.94. The smallest absolute Gasteiger partial charge is 0.113 e. The predicted molar refractivity (Wildman–Crippen MR) is 83.8 cm³/mol. The van der Waals surface area contributed by atoms with Crippen LogP contribution in [0.2, 0.25) is 0 Å². The van der Waals surface area contributed by atoms with Crippen LogP contribution in [0.15, 0.2) is 5.38 Å². The fourth-order valence-corrected chi connectivity index (χ4v) is 4.70. The second kappa shape index (κ2) is 5.53. The van der Waals surface area contributed by atoms with E-state index in [0.717, 1.165) is 5.92 Å². The Morgan fingerprint density at radius 2 is 2.16 bits per heavy atom. The number of hydrogen-bond donors (Lipinski definition) is 1. The lowest BCUT2D eigenvalue weighted by atomic mass is 9.71. The van der Waals surface area contributed by atoms with Gasteiger partial charge in [0.15, 0.2) is 0 Å². The molecule has 2 nitrogen and oxygen atoms in total. The summed E-state index contributed by atoms with van der Waals surface area (Å²) >= 11 is 1.85. The van der Waals surface area contributed by atoms with E-state index in [4.69, 9.17) is 4.98 Å². The van der Waals surface area contributed by atoms with Gasteiger partial charge in [-0.05, 0) is 25.8 Å². The van der Waals surface area contributed by atoms with Crippen LogP contribution < -0.4 is 5.32 Å². The highest BCUT2D eigenvalue weighted by Gasteiger charge is 2.42. The summed E-state index contributed by atoms with van der Waals surface area (Å²) < 4.78 is 0. The van der Waals surface area contributed by atoms with E-state index < -0.39 is 0 Å². The minimum Gasteiger partial charge on any atom is -0.308 e. The maximum Gasteiger partial charge on any atom is 0.113 e. The Morgan fingerprint density at radius 1 is 1.42 bits per heavy atom. The Kier molecular flexibility index (Phi) is 4.36. The zero-order chi connectivity index (χ0) is 14.1. The Hall–Kier alpha value is -0.410. The number of rotatable bonds is 3. The van der Waals surface area contributed by atoms with E-state index in [1.165, 1.54) is 42.8 Å². The molecule has 108 valence electrons. The van der Waals surface area contributed by atoms with Crippen LogP contribution in [0.5, 0.6) is 0 Å². The third-order valence-corrected chi connectivity index (χ3v) is 5.68. The van der Waals surface area contributed by atoms with Crippen molar-refractivity contribution in [1.82, 2.24) is 10.3 Å².